The van der Waals surface area contributed by atoms with E-state index in [1.54, 1.807) is 39.0 Å². The van der Waals surface area contributed by atoms with Crippen LogP contribution in [0.5, 0.6) is 5.75 Å². The molecule has 0 radical (unpaired) electrons. The zero-order valence-electron chi connectivity index (χ0n) is 14.7. The van der Waals surface area contributed by atoms with Crippen molar-refractivity contribution in [2.75, 3.05) is 13.2 Å². The Hall–Kier alpha value is -2.57. The zero-order valence-corrected chi connectivity index (χ0v) is 14.7. The van der Waals surface area contributed by atoms with E-state index in [4.69, 9.17) is 14.6 Å². The van der Waals surface area contributed by atoms with Crippen molar-refractivity contribution in [3.63, 3.8) is 0 Å². The molecule has 1 amide bonds. The molecule has 1 fully saturated rings. The summed E-state index contributed by atoms with van der Waals surface area (Å²) in [5.41, 5.74) is -0.266. The van der Waals surface area contributed by atoms with E-state index in [9.17, 15) is 14.4 Å². The van der Waals surface area contributed by atoms with E-state index >= 15 is 0 Å². The number of nitrogens with zero attached hydrogens (tertiary/aromatic N) is 1. The molecule has 25 heavy (non-hydrogen) atoms. The van der Waals surface area contributed by atoms with Crippen LogP contribution in [0.15, 0.2) is 24.3 Å². The molecule has 136 valence electrons. The van der Waals surface area contributed by atoms with Crippen molar-refractivity contribution in [2.45, 2.75) is 45.3 Å². The maximum Gasteiger partial charge on any atom is 0.341 e. The van der Waals surface area contributed by atoms with Crippen molar-refractivity contribution < 1.29 is 29.0 Å². The smallest absolute Gasteiger partial charge is 0.341 e. The van der Waals surface area contributed by atoms with Crippen molar-refractivity contribution in [3.8, 4) is 5.75 Å². The van der Waals surface area contributed by atoms with Gasteiger partial charge in [0.2, 0.25) is 0 Å². The van der Waals surface area contributed by atoms with Crippen LogP contribution in [-0.2, 0) is 14.3 Å². The molecule has 7 heteroatoms. The number of esters is 1. The molecule has 1 aliphatic heterocycles. The highest BCUT2D eigenvalue weighted by Gasteiger charge is 2.37. The van der Waals surface area contributed by atoms with Crippen molar-refractivity contribution in [1.82, 2.24) is 4.90 Å². The number of hydrogen-bond donors (Lipinski definition) is 1. The molecule has 0 unspecified atom stereocenters. The van der Waals surface area contributed by atoms with Crippen LogP contribution in [0.25, 0.3) is 0 Å². The van der Waals surface area contributed by atoms with Crippen LogP contribution < -0.4 is 4.74 Å². The molecule has 7 nitrogen and oxygen atoms in total. The third kappa shape index (κ3) is 5.20. The molecule has 0 aliphatic carbocycles. The van der Waals surface area contributed by atoms with E-state index in [2.05, 4.69) is 0 Å². The number of hydrogen-bond acceptors (Lipinski definition) is 5. The number of ether oxygens (including phenoxy) is 2. The van der Waals surface area contributed by atoms with Gasteiger partial charge in [-0.2, -0.15) is 0 Å². The molecular weight excluding hydrogens is 326 g/mol. The van der Waals surface area contributed by atoms with Crippen LogP contribution in [0.4, 0.5) is 0 Å². The Morgan fingerprint density at radius 1 is 1.28 bits per heavy atom. The minimum absolute atomic E-state index is 0.293. The Bertz CT molecular complexity index is 664. The number of aliphatic carboxylic acids is 1. The van der Waals surface area contributed by atoms with Gasteiger partial charge in [0.15, 0.2) is 6.61 Å². The van der Waals surface area contributed by atoms with E-state index in [1.807, 2.05) is 0 Å². The van der Waals surface area contributed by atoms with Gasteiger partial charge in [0.25, 0.3) is 5.91 Å². The summed E-state index contributed by atoms with van der Waals surface area (Å²) in [4.78, 5) is 37.2. The first-order valence-corrected chi connectivity index (χ1v) is 8.16. The van der Waals surface area contributed by atoms with Gasteiger partial charge < -0.3 is 19.5 Å². The highest BCUT2D eigenvalue weighted by molar-refractivity contribution is 5.97. The Morgan fingerprint density at radius 2 is 2.00 bits per heavy atom. The minimum Gasteiger partial charge on any atom is -0.482 e. The van der Waals surface area contributed by atoms with E-state index in [0.29, 0.717) is 24.3 Å². The van der Waals surface area contributed by atoms with Crippen molar-refractivity contribution >= 4 is 17.8 Å². The summed E-state index contributed by atoms with van der Waals surface area (Å²) in [5, 5.41) is 8.66. The minimum atomic E-state index is -1.10. The Morgan fingerprint density at radius 3 is 2.64 bits per heavy atom. The fourth-order valence-electron chi connectivity index (χ4n) is 2.65. The Kier molecular flexibility index (Phi) is 5.66. The average molecular weight is 349 g/mol. The van der Waals surface area contributed by atoms with E-state index in [0.717, 1.165) is 6.42 Å². The van der Waals surface area contributed by atoms with E-state index in [1.165, 1.54) is 11.0 Å². The standard InChI is InChI=1S/C18H23NO6/c1-18(2,3)25-17(23)14-8-5-9-19(14)16(22)12-6-4-7-13(10-12)24-11-15(20)21/h4,6-7,10,14H,5,8-9,11H2,1-3H3,(H,20,21)/t14-/m1/s1. The SMILES string of the molecule is CC(C)(C)OC(=O)[C@H]1CCCN1C(=O)c1cccc(OCC(=O)O)c1. The largest absolute Gasteiger partial charge is 0.482 e. The van der Waals surface area contributed by atoms with Gasteiger partial charge in [0, 0.05) is 12.1 Å². The third-order valence-corrected chi connectivity index (χ3v) is 3.64. The monoisotopic (exact) mass is 349 g/mol. The predicted molar refractivity (Wildman–Crippen MR) is 89.5 cm³/mol. The molecule has 1 saturated heterocycles. The first-order chi connectivity index (χ1) is 11.7. The molecule has 1 aliphatic rings. The summed E-state index contributed by atoms with van der Waals surface area (Å²) in [6.07, 6.45) is 1.29. The molecule has 0 aromatic heterocycles. The molecule has 1 N–H and O–H groups in total. The lowest BCUT2D eigenvalue weighted by atomic mass is 10.1. The van der Waals surface area contributed by atoms with Gasteiger partial charge >= 0.3 is 11.9 Å². The van der Waals surface area contributed by atoms with Crippen LogP contribution in [0.3, 0.4) is 0 Å². The number of carboxylic acids is 1. The first-order valence-electron chi connectivity index (χ1n) is 8.16. The van der Waals surface area contributed by atoms with Crippen LogP contribution in [0.2, 0.25) is 0 Å². The lowest BCUT2D eigenvalue weighted by Crippen LogP contribution is -2.43. The van der Waals surface area contributed by atoms with Crippen LogP contribution in [0.1, 0.15) is 44.0 Å². The topological polar surface area (TPSA) is 93.1 Å². The normalized spacial score (nSPS) is 17.2. The molecule has 1 aromatic carbocycles. The quantitative estimate of drug-likeness (QED) is 0.818. The molecule has 0 bridgehead atoms. The zero-order chi connectivity index (χ0) is 18.6. The van der Waals surface area contributed by atoms with Crippen LogP contribution in [0, 0.1) is 0 Å². The maximum absolute atomic E-state index is 12.8. The van der Waals surface area contributed by atoms with Crippen LogP contribution in [-0.4, -0.2) is 52.6 Å². The summed E-state index contributed by atoms with van der Waals surface area (Å²) < 4.78 is 10.5. The highest BCUT2D eigenvalue weighted by Crippen LogP contribution is 2.24. The second kappa shape index (κ2) is 7.55. The summed E-state index contributed by atoms with van der Waals surface area (Å²) in [5.74, 6) is -1.51. The summed E-state index contributed by atoms with van der Waals surface area (Å²) in [6.45, 7) is 5.35. The summed E-state index contributed by atoms with van der Waals surface area (Å²) >= 11 is 0. The predicted octanol–water partition coefficient (Wildman–Crippen LogP) is 2.10. The van der Waals surface area contributed by atoms with E-state index < -0.39 is 30.2 Å². The van der Waals surface area contributed by atoms with Gasteiger partial charge in [0.05, 0.1) is 0 Å². The number of benzene rings is 1. The second-order valence-electron chi connectivity index (χ2n) is 6.90. The third-order valence-electron chi connectivity index (χ3n) is 3.64. The van der Waals surface area contributed by atoms with Crippen molar-refractivity contribution in [3.05, 3.63) is 29.8 Å². The fraction of sp³-hybridized carbons (Fsp3) is 0.500. The number of carboxylic acid groups (broad SMARTS) is 1. The summed E-state index contributed by atoms with van der Waals surface area (Å²) in [6, 6.07) is 5.68. The lowest BCUT2D eigenvalue weighted by molar-refractivity contribution is -0.159. The molecule has 1 heterocycles. The highest BCUT2D eigenvalue weighted by atomic mass is 16.6. The molecular formula is C18H23NO6. The average Bonchev–Trinajstić information content (AvgIpc) is 3.00. The number of likely N-dealkylation sites (tertiary alicyclic amines) is 1. The Labute approximate surface area is 146 Å². The molecule has 1 aromatic rings. The van der Waals surface area contributed by atoms with Gasteiger partial charge in [0.1, 0.15) is 17.4 Å². The molecule has 1 atom stereocenters. The van der Waals surface area contributed by atoms with Gasteiger partial charge in [-0.3, -0.25) is 4.79 Å². The molecule has 0 saturated carbocycles. The molecule has 0 spiro atoms. The van der Waals surface area contributed by atoms with Gasteiger partial charge in [-0.15, -0.1) is 0 Å². The van der Waals surface area contributed by atoms with Crippen LogP contribution >= 0.6 is 0 Å². The first kappa shape index (κ1) is 18.8. The van der Waals surface area contributed by atoms with E-state index in [-0.39, 0.29) is 5.91 Å². The maximum atomic E-state index is 12.8. The lowest BCUT2D eigenvalue weighted by Gasteiger charge is -2.27. The molecule has 2 rings (SSSR count). The van der Waals surface area contributed by atoms with Gasteiger partial charge in [-0.1, -0.05) is 6.07 Å². The van der Waals surface area contributed by atoms with Crippen molar-refractivity contribution in [2.24, 2.45) is 0 Å². The summed E-state index contributed by atoms with van der Waals surface area (Å²) in [7, 11) is 0. The number of rotatable bonds is 5. The number of amides is 1. The number of carbonyl (C=O) groups excluding carboxylic acids is 2. The Balaban J connectivity index is 2.12. The fourth-order valence-corrected chi connectivity index (χ4v) is 2.65. The number of carbonyl (C=O) groups is 3. The second-order valence-corrected chi connectivity index (χ2v) is 6.90. The van der Waals surface area contributed by atoms with Crippen molar-refractivity contribution in [1.29, 1.82) is 0 Å². The van der Waals surface area contributed by atoms with Gasteiger partial charge in [-0.25, -0.2) is 9.59 Å². The van der Waals surface area contributed by atoms with Gasteiger partial charge in [-0.05, 0) is 51.8 Å².